The number of hydrogen-bond acceptors (Lipinski definition) is 4. The quantitative estimate of drug-likeness (QED) is 0.674. The number of aromatic nitrogens is 1. The van der Waals surface area contributed by atoms with Crippen molar-refractivity contribution in [2.75, 3.05) is 20.2 Å². The molecule has 1 atom stereocenters. The molecule has 1 aliphatic rings. The van der Waals surface area contributed by atoms with Gasteiger partial charge in [-0.3, -0.25) is 14.7 Å². The molecule has 1 unspecified atom stereocenters. The molecule has 0 aliphatic carbocycles. The van der Waals surface area contributed by atoms with E-state index >= 15 is 0 Å². The molecule has 0 radical (unpaired) electrons. The van der Waals surface area contributed by atoms with Crippen LogP contribution in [0.2, 0.25) is 0 Å². The molecule has 1 saturated heterocycles. The third kappa shape index (κ3) is 5.05. The lowest BCUT2D eigenvalue weighted by atomic mass is 10.0. The van der Waals surface area contributed by atoms with E-state index < -0.39 is 0 Å². The first-order valence-electron chi connectivity index (χ1n) is 10.4. The van der Waals surface area contributed by atoms with Crippen molar-refractivity contribution in [2.24, 2.45) is 0 Å². The number of nitrogens with zero attached hydrogens (tertiary/aromatic N) is 2. The molecule has 1 amide bonds. The van der Waals surface area contributed by atoms with Gasteiger partial charge in [0, 0.05) is 37.1 Å². The Morgan fingerprint density at radius 3 is 2.67 bits per heavy atom. The number of piperidine rings is 1. The molecule has 0 spiro atoms. The van der Waals surface area contributed by atoms with Gasteiger partial charge in [-0.2, -0.15) is 0 Å². The monoisotopic (exact) mass is 401 g/mol. The van der Waals surface area contributed by atoms with Crippen LogP contribution in [-0.2, 0) is 6.54 Å². The van der Waals surface area contributed by atoms with Crippen molar-refractivity contribution in [1.82, 2.24) is 15.2 Å². The number of ether oxygens (including phenoxy) is 1. The molecule has 1 aromatic heterocycles. The number of benzene rings is 2. The molecule has 5 heteroatoms. The van der Waals surface area contributed by atoms with Gasteiger partial charge in [-0.05, 0) is 60.3 Å². The van der Waals surface area contributed by atoms with Gasteiger partial charge in [-0.15, -0.1) is 0 Å². The molecule has 1 fully saturated rings. The summed E-state index contributed by atoms with van der Waals surface area (Å²) in [7, 11) is 1.69. The summed E-state index contributed by atoms with van der Waals surface area (Å²) in [6.07, 6.45) is 5.40. The Hall–Kier alpha value is -3.18. The van der Waals surface area contributed by atoms with Crippen LogP contribution in [0.3, 0.4) is 0 Å². The van der Waals surface area contributed by atoms with E-state index in [9.17, 15) is 4.79 Å². The predicted molar refractivity (Wildman–Crippen MR) is 118 cm³/mol. The van der Waals surface area contributed by atoms with Crippen molar-refractivity contribution in [3.63, 3.8) is 0 Å². The fraction of sp³-hybridized carbons (Fsp3) is 0.280. The highest BCUT2D eigenvalue weighted by Crippen LogP contribution is 2.24. The van der Waals surface area contributed by atoms with Crippen LogP contribution in [0.15, 0.2) is 73.1 Å². The second kappa shape index (κ2) is 9.55. The van der Waals surface area contributed by atoms with E-state index in [1.807, 2.05) is 12.1 Å². The molecule has 154 valence electrons. The summed E-state index contributed by atoms with van der Waals surface area (Å²) in [6, 6.07) is 20.5. The maximum atomic E-state index is 12.4. The van der Waals surface area contributed by atoms with Crippen molar-refractivity contribution in [1.29, 1.82) is 0 Å². The van der Waals surface area contributed by atoms with Gasteiger partial charge >= 0.3 is 0 Å². The van der Waals surface area contributed by atoms with Crippen molar-refractivity contribution >= 4 is 5.91 Å². The average molecular weight is 402 g/mol. The maximum Gasteiger partial charge on any atom is 0.251 e. The van der Waals surface area contributed by atoms with Crippen molar-refractivity contribution in [3.8, 4) is 16.9 Å². The van der Waals surface area contributed by atoms with Crippen LogP contribution in [0.25, 0.3) is 11.1 Å². The Balaban J connectivity index is 1.35. The lowest BCUT2D eigenvalue weighted by molar-refractivity contribution is 0.0900. The smallest absolute Gasteiger partial charge is 0.251 e. The molecular weight excluding hydrogens is 374 g/mol. The van der Waals surface area contributed by atoms with Gasteiger partial charge in [-0.1, -0.05) is 36.4 Å². The maximum absolute atomic E-state index is 12.4. The topological polar surface area (TPSA) is 54.5 Å². The molecule has 5 nitrogen and oxygen atoms in total. The van der Waals surface area contributed by atoms with E-state index in [-0.39, 0.29) is 11.9 Å². The second-order valence-electron chi connectivity index (χ2n) is 7.71. The molecule has 4 rings (SSSR count). The van der Waals surface area contributed by atoms with E-state index in [2.05, 4.69) is 51.6 Å². The zero-order chi connectivity index (χ0) is 20.8. The summed E-state index contributed by atoms with van der Waals surface area (Å²) < 4.78 is 5.33. The van der Waals surface area contributed by atoms with Gasteiger partial charge in [0.15, 0.2) is 0 Å². The highest BCUT2D eigenvalue weighted by Gasteiger charge is 2.22. The first-order valence-corrected chi connectivity index (χ1v) is 10.4. The molecule has 1 N–H and O–H groups in total. The fourth-order valence-corrected chi connectivity index (χ4v) is 3.95. The van der Waals surface area contributed by atoms with Crippen molar-refractivity contribution in [3.05, 3.63) is 84.2 Å². The summed E-state index contributed by atoms with van der Waals surface area (Å²) in [6.45, 7) is 2.81. The lowest BCUT2D eigenvalue weighted by Crippen LogP contribution is -2.47. The Labute approximate surface area is 177 Å². The van der Waals surface area contributed by atoms with E-state index in [0.29, 0.717) is 5.56 Å². The van der Waals surface area contributed by atoms with Crippen LogP contribution in [-0.4, -0.2) is 42.0 Å². The highest BCUT2D eigenvalue weighted by atomic mass is 16.5. The van der Waals surface area contributed by atoms with Gasteiger partial charge in [0.05, 0.1) is 7.11 Å². The van der Waals surface area contributed by atoms with Crippen LogP contribution < -0.4 is 10.1 Å². The minimum Gasteiger partial charge on any atom is -0.497 e. The van der Waals surface area contributed by atoms with E-state index in [4.69, 9.17) is 4.74 Å². The number of pyridine rings is 1. The summed E-state index contributed by atoms with van der Waals surface area (Å²) >= 11 is 0. The number of carbonyl (C=O) groups is 1. The van der Waals surface area contributed by atoms with Gasteiger partial charge in [-0.25, -0.2) is 0 Å². The summed E-state index contributed by atoms with van der Waals surface area (Å²) in [5, 5.41) is 3.17. The Bertz CT molecular complexity index is 973. The van der Waals surface area contributed by atoms with Gasteiger partial charge in [0.25, 0.3) is 5.91 Å². The Morgan fingerprint density at radius 1 is 1.10 bits per heavy atom. The van der Waals surface area contributed by atoms with Crippen molar-refractivity contribution < 1.29 is 9.53 Å². The minimum atomic E-state index is -0.0214. The number of carbonyl (C=O) groups excluding carboxylic acids is 1. The number of amides is 1. The van der Waals surface area contributed by atoms with Crippen molar-refractivity contribution in [2.45, 2.75) is 25.4 Å². The Morgan fingerprint density at radius 2 is 1.90 bits per heavy atom. The molecule has 2 heterocycles. The fourth-order valence-electron chi connectivity index (χ4n) is 3.95. The number of methoxy groups -OCH3 is 1. The first-order chi connectivity index (χ1) is 14.7. The third-order valence-corrected chi connectivity index (χ3v) is 5.55. The molecular formula is C25H27N3O2. The van der Waals surface area contributed by atoms with Gasteiger partial charge in [0.1, 0.15) is 5.75 Å². The molecule has 1 aliphatic heterocycles. The van der Waals surface area contributed by atoms with Crippen LogP contribution >= 0.6 is 0 Å². The zero-order valence-corrected chi connectivity index (χ0v) is 17.3. The van der Waals surface area contributed by atoms with Crippen LogP contribution in [0, 0.1) is 0 Å². The standard InChI is InChI=1S/C25H27N3O2/c1-30-24-6-2-4-22(16-24)20-9-7-19(8-10-20)17-28-15-3-5-23(18-28)27-25(29)21-11-13-26-14-12-21/h2,4,6-14,16,23H,3,5,15,17-18H2,1H3,(H,27,29). The molecule has 30 heavy (non-hydrogen) atoms. The zero-order valence-electron chi connectivity index (χ0n) is 17.3. The molecule has 0 bridgehead atoms. The summed E-state index contributed by atoms with van der Waals surface area (Å²) in [5.74, 6) is 0.844. The van der Waals surface area contributed by atoms with E-state index in [0.717, 1.165) is 43.8 Å². The molecule has 0 saturated carbocycles. The third-order valence-electron chi connectivity index (χ3n) is 5.55. The van der Waals surface area contributed by atoms with Gasteiger partial charge in [0.2, 0.25) is 0 Å². The summed E-state index contributed by atoms with van der Waals surface area (Å²) in [5.41, 5.74) is 4.27. The van der Waals surface area contributed by atoms with Gasteiger partial charge < -0.3 is 10.1 Å². The number of hydrogen-bond donors (Lipinski definition) is 1. The number of rotatable bonds is 6. The molecule has 3 aromatic rings. The van der Waals surface area contributed by atoms with E-state index in [1.165, 1.54) is 11.1 Å². The largest absolute Gasteiger partial charge is 0.497 e. The second-order valence-corrected chi connectivity index (χ2v) is 7.71. The van der Waals surface area contributed by atoms with Crippen LogP contribution in [0.1, 0.15) is 28.8 Å². The average Bonchev–Trinajstić information content (AvgIpc) is 2.80. The summed E-state index contributed by atoms with van der Waals surface area (Å²) in [4.78, 5) is 18.8. The normalized spacial score (nSPS) is 16.8. The number of likely N-dealkylation sites (tertiary alicyclic amines) is 1. The van der Waals surface area contributed by atoms with Crippen LogP contribution in [0.4, 0.5) is 0 Å². The van der Waals surface area contributed by atoms with Crippen LogP contribution in [0.5, 0.6) is 5.75 Å². The highest BCUT2D eigenvalue weighted by molar-refractivity contribution is 5.94. The number of nitrogens with one attached hydrogen (secondary N) is 1. The van der Waals surface area contributed by atoms with E-state index in [1.54, 1.807) is 31.6 Å². The Kier molecular flexibility index (Phi) is 6.40. The molecule has 2 aromatic carbocycles. The lowest BCUT2D eigenvalue weighted by Gasteiger charge is -2.33. The SMILES string of the molecule is COc1cccc(-c2ccc(CN3CCCC(NC(=O)c4ccncc4)C3)cc2)c1. The minimum absolute atomic E-state index is 0.0214. The predicted octanol–water partition coefficient (Wildman–Crippen LogP) is 4.15. The first kappa shape index (κ1) is 20.1.